The Bertz CT molecular complexity index is 210. The van der Waals surface area contributed by atoms with Gasteiger partial charge in [-0.15, -0.1) is 0 Å². The standard InChI is InChI=1S/C15H32N2O2/c1-2-3-4-9-12-17(13-14-18)15(19)10-7-5-6-8-11-16/h18H,2-14,16H2,1H3. The summed E-state index contributed by atoms with van der Waals surface area (Å²) in [5, 5.41) is 9.02. The van der Waals surface area contributed by atoms with Gasteiger partial charge in [-0.3, -0.25) is 4.79 Å². The highest BCUT2D eigenvalue weighted by molar-refractivity contribution is 5.76. The molecular formula is C15H32N2O2. The van der Waals surface area contributed by atoms with Crippen molar-refractivity contribution in [2.24, 2.45) is 5.73 Å². The molecule has 0 aromatic heterocycles. The smallest absolute Gasteiger partial charge is 0.222 e. The minimum Gasteiger partial charge on any atom is -0.395 e. The minimum absolute atomic E-state index is 0.0622. The van der Waals surface area contributed by atoms with E-state index in [1.165, 1.54) is 19.3 Å². The number of rotatable bonds is 13. The number of carbonyl (C=O) groups is 1. The second-order valence-electron chi connectivity index (χ2n) is 5.12. The molecule has 3 N–H and O–H groups in total. The maximum absolute atomic E-state index is 12.0. The molecule has 0 aliphatic heterocycles. The molecule has 0 radical (unpaired) electrons. The minimum atomic E-state index is 0.0622. The average Bonchev–Trinajstić information content (AvgIpc) is 2.42. The van der Waals surface area contributed by atoms with Gasteiger partial charge in [-0.1, -0.05) is 39.0 Å². The predicted molar refractivity (Wildman–Crippen MR) is 79.9 cm³/mol. The lowest BCUT2D eigenvalue weighted by Gasteiger charge is -2.21. The van der Waals surface area contributed by atoms with E-state index < -0.39 is 0 Å². The zero-order valence-electron chi connectivity index (χ0n) is 12.6. The summed E-state index contributed by atoms with van der Waals surface area (Å²) in [5.74, 6) is 0.193. The summed E-state index contributed by atoms with van der Waals surface area (Å²) in [7, 11) is 0. The molecular weight excluding hydrogens is 240 g/mol. The van der Waals surface area contributed by atoms with Crippen molar-refractivity contribution in [1.82, 2.24) is 4.90 Å². The molecule has 19 heavy (non-hydrogen) atoms. The predicted octanol–water partition coefficient (Wildman–Crippen LogP) is 2.30. The number of nitrogens with two attached hydrogens (primary N) is 1. The second kappa shape index (κ2) is 13.8. The third kappa shape index (κ3) is 11.0. The molecule has 0 aromatic carbocycles. The molecule has 0 aromatic rings. The number of amides is 1. The largest absolute Gasteiger partial charge is 0.395 e. The molecule has 4 nitrogen and oxygen atoms in total. The van der Waals surface area contributed by atoms with Gasteiger partial charge in [0, 0.05) is 19.5 Å². The van der Waals surface area contributed by atoms with Gasteiger partial charge in [0.1, 0.15) is 0 Å². The molecule has 114 valence electrons. The van der Waals surface area contributed by atoms with Crippen molar-refractivity contribution < 1.29 is 9.90 Å². The zero-order chi connectivity index (χ0) is 14.3. The SMILES string of the molecule is CCCCCCN(CCO)C(=O)CCCCCCN. The van der Waals surface area contributed by atoms with Crippen LogP contribution in [0.2, 0.25) is 0 Å². The first-order valence-corrected chi connectivity index (χ1v) is 7.85. The van der Waals surface area contributed by atoms with E-state index in [1.54, 1.807) is 0 Å². The van der Waals surface area contributed by atoms with Gasteiger partial charge in [0.2, 0.25) is 5.91 Å². The molecule has 0 fully saturated rings. The van der Waals surface area contributed by atoms with E-state index >= 15 is 0 Å². The highest BCUT2D eigenvalue weighted by Gasteiger charge is 2.11. The van der Waals surface area contributed by atoms with Gasteiger partial charge in [-0.05, 0) is 25.8 Å². The lowest BCUT2D eigenvalue weighted by Crippen LogP contribution is -2.34. The van der Waals surface area contributed by atoms with Crippen LogP contribution < -0.4 is 5.73 Å². The van der Waals surface area contributed by atoms with E-state index in [0.717, 1.165) is 45.2 Å². The summed E-state index contributed by atoms with van der Waals surface area (Å²) in [6, 6.07) is 0. The fourth-order valence-corrected chi connectivity index (χ4v) is 2.14. The average molecular weight is 272 g/mol. The number of aliphatic hydroxyl groups excluding tert-OH is 1. The molecule has 4 heteroatoms. The fraction of sp³-hybridized carbons (Fsp3) is 0.933. The molecule has 0 unspecified atom stereocenters. The van der Waals surface area contributed by atoms with Gasteiger partial charge in [0.25, 0.3) is 0 Å². The van der Waals surface area contributed by atoms with Crippen LogP contribution in [0.5, 0.6) is 0 Å². The lowest BCUT2D eigenvalue weighted by molar-refractivity contribution is -0.131. The topological polar surface area (TPSA) is 66.6 Å². The Morgan fingerprint density at radius 1 is 1.00 bits per heavy atom. The lowest BCUT2D eigenvalue weighted by atomic mass is 10.1. The third-order valence-electron chi connectivity index (χ3n) is 3.35. The van der Waals surface area contributed by atoms with Crippen molar-refractivity contribution in [2.75, 3.05) is 26.2 Å². The van der Waals surface area contributed by atoms with Crippen molar-refractivity contribution in [1.29, 1.82) is 0 Å². The van der Waals surface area contributed by atoms with E-state index in [1.807, 2.05) is 4.90 Å². The van der Waals surface area contributed by atoms with Gasteiger partial charge >= 0.3 is 0 Å². The van der Waals surface area contributed by atoms with Crippen molar-refractivity contribution >= 4 is 5.91 Å². The summed E-state index contributed by atoms with van der Waals surface area (Å²) in [5.41, 5.74) is 5.43. The maximum atomic E-state index is 12.0. The molecule has 0 aliphatic rings. The molecule has 0 heterocycles. The fourth-order valence-electron chi connectivity index (χ4n) is 2.14. The summed E-state index contributed by atoms with van der Waals surface area (Å²) < 4.78 is 0. The number of aliphatic hydroxyl groups is 1. The van der Waals surface area contributed by atoms with Crippen LogP contribution >= 0.6 is 0 Å². The molecule has 0 spiro atoms. The van der Waals surface area contributed by atoms with Gasteiger partial charge in [0.05, 0.1) is 6.61 Å². The Kier molecular flexibility index (Phi) is 13.4. The summed E-state index contributed by atoms with van der Waals surface area (Å²) in [4.78, 5) is 13.8. The quantitative estimate of drug-likeness (QED) is 0.506. The summed E-state index contributed by atoms with van der Waals surface area (Å²) in [6.07, 6.45) is 9.43. The first-order chi connectivity index (χ1) is 9.26. The van der Waals surface area contributed by atoms with Crippen LogP contribution in [0.3, 0.4) is 0 Å². The van der Waals surface area contributed by atoms with Gasteiger partial charge < -0.3 is 15.7 Å². The van der Waals surface area contributed by atoms with Gasteiger partial charge in [0.15, 0.2) is 0 Å². The van der Waals surface area contributed by atoms with E-state index in [-0.39, 0.29) is 12.5 Å². The Morgan fingerprint density at radius 3 is 2.32 bits per heavy atom. The van der Waals surface area contributed by atoms with Crippen LogP contribution in [-0.4, -0.2) is 42.2 Å². The van der Waals surface area contributed by atoms with E-state index in [2.05, 4.69) is 6.92 Å². The molecule has 0 saturated heterocycles. The molecule has 0 saturated carbocycles. The van der Waals surface area contributed by atoms with Crippen molar-refractivity contribution in [2.45, 2.75) is 64.7 Å². The number of hydrogen-bond donors (Lipinski definition) is 2. The van der Waals surface area contributed by atoms with E-state index in [9.17, 15) is 4.79 Å². The molecule has 1 amide bonds. The second-order valence-corrected chi connectivity index (χ2v) is 5.12. The van der Waals surface area contributed by atoms with Crippen LogP contribution in [0.25, 0.3) is 0 Å². The van der Waals surface area contributed by atoms with Crippen LogP contribution in [0, 0.1) is 0 Å². The van der Waals surface area contributed by atoms with Crippen LogP contribution in [0.15, 0.2) is 0 Å². The van der Waals surface area contributed by atoms with Crippen molar-refractivity contribution in [3.05, 3.63) is 0 Å². The van der Waals surface area contributed by atoms with Crippen LogP contribution in [0.4, 0.5) is 0 Å². The summed E-state index contributed by atoms with van der Waals surface area (Å²) in [6.45, 7) is 4.25. The Morgan fingerprint density at radius 2 is 1.68 bits per heavy atom. The number of hydrogen-bond acceptors (Lipinski definition) is 3. The maximum Gasteiger partial charge on any atom is 0.222 e. The Balaban J connectivity index is 3.76. The molecule has 0 aliphatic carbocycles. The molecule has 0 bridgehead atoms. The number of nitrogens with zero attached hydrogens (tertiary/aromatic N) is 1. The normalized spacial score (nSPS) is 10.7. The summed E-state index contributed by atoms with van der Waals surface area (Å²) >= 11 is 0. The van der Waals surface area contributed by atoms with Crippen molar-refractivity contribution in [3.63, 3.8) is 0 Å². The van der Waals surface area contributed by atoms with Crippen LogP contribution in [-0.2, 0) is 4.79 Å². The van der Waals surface area contributed by atoms with Gasteiger partial charge in [-0.25, -0.2) is 0 Å². The van der Waals surface area contributed by atoms with Crippen LogP contribution in [0.1, 0.15) is 64.7 Å². The highest BCUT2D eigenvalue weighted by atomic mass is 16.3. The highest BCUT2D eigenvalue weighted by Crippen LogP contribution is 2.07. The molecule has 0 atom stereocenters. The van der Waals surface area contributed by atoms with Gasteiger partial charge in [-0.2, -0.15) is 0 Å². The Labute approximate surface area is 118 Å². The molecule has 0 rings (SSSR count). The number of unbranched alkanes of at least 4 members (excludes halogenated alkanes) is 6. The Hall–Kier alpha value is -0.610. The van der Waals surface area contributed by atoms with E-state index in [4.69, 9.17) is 10.8 Å². The third-order valence-corrected chi connectivity index (χ3v) is 3.35. The zero-order valence-corrected chi connectivity index (χ0v) is 12.6. The first-order valence-electron chi connectivity index (χ1n) is 7.85. The first kappa shape index (κ1) is 18.4. The van der Waals surface area contributed by atoms with E-state index in [0.29, 0.717) is 13.0 Å². The number of carbonyl (C=O) groups excluding carboxylic acids is 1. The monoisotopic (exact) mass is 272 g/mol. The van der Waals surface area contributed by atoms with Crippen molar-refractivity contribution in [3.8, 4) is 0 Å².